The minimum absolute atomic E-state index is 0.707. The third-order valence-corrected chi connectivity index (χ3v) is 5.04. The molecule has 0 saturated carbocycles. The summed E-state index contributed by atoms with van der Waals surface area (Å²) in [7, 11) is 8.27. The fraction of sp³-hybridized carbons (Fsp3) is 0.231. The van der Waals surface area contributed by atoms with E-state index >= 15 is 0 Å². The van der Waals surface area contributed by atoms with Gasteiger partial charge in [0.2, 0.25) is 0 Å². The number of ether oxygens (including phenoxy) is 5. The zero-order valence-electron chi connectivity index (χ0n) is 18.6. The van der Waals surface area contributed by atoms with Gasteiger partial charge in [-0.1, -0.05) is 24.3 Å². The van der Waals surface area contributed by atoms with Crippen molar-refractivity contribution in [3.63, 3.8) is 0 Å². The molecule has 3 rings (SSSR count). The lowest BCUT2D eigenvalue weighted by molar-refractivity contribution is 0.391. The van der Waals surface area contributed by atoms with Crippen LogP contribution in [0.1, 0.15) is 22.3 Å². The van der Waals surface area contributed by atoms with E-state index in [-0.39, 0.29) is 0 Å². The molecule has 0 heterocycles. The molecule has 5 heteroatoms. The standard InChI is InChI=1S/C26H28O5/c1-27-21-10-7-18(8-11-21)14-25-20(15-24(30-4)17-26(25)31-5)9-6-19-12-22(28-2)16-23(13-19)29-3/h6-13,15-17H,14H2,1-5H3/b9-6+. The second kappa shape index (κ2) is 10.4. The van der Waals surface area contributed by atoms with Crippen molar-refractivity contribution in [1.82, 2.24) is 0 Å². The van der Waals surface area contributed by atoms with Gasteiger partial charge in [0.05, 0.1) is 35.5 Å². The average molecular weight is 421 g/mol. The Labute approximate surface area is 183 Å². The highest BCUT2D eigenvalue weighted by Crippen LogP contribution is 2.33. The largest absolute Gasteiger partial charge is 0.497 e. The third kappa shape index (κ3) is 5.51. The summed E-state index contributed by atoms with van der Waals surface area (Å²) in [6.45, 7) is 0. The van der Waals surface area contributed by atoms with Gasteiger partial charge in [0.15, 0.2) is 0 Å². The van der Waals surface area contributed by atoms with Crippen molar-refractivity contribution in [2.75, 3.05) is 35.5 Å². The van der Waals surface area contributed by atoms with E-state index in [9.17, 15) is 0 Å². The predicted octanol–water partition coefficient (Wildman–Crippen LogP) is 5.49. The number of methoxy groups -OCH3 is 5. The van der Waals surface area contributed by atoms with Crippen LogP contribution in [0.4, 0.5) is 0 Å². The van der Waals surface area contributed by atoms with Crippen LogP contribution in [0.5, 0.6) is 28.7 Å². The average Bonchev–Trinajstić information content (AvgIpc) is 2.83. The van der Waals surface area contributed by atoms with E-state index in [0.29, 0.717) is 6.42 Å². The van der Waals surface area contributed by atoms with Crippen LogP contribution in [0, 0.1) is 0 Å². The van der Waals surface area contributed by atoms with Crippen LogP contribution in [0.2, 0.25) is 0 Å². The van der Waals surface area contributed by atoms with Crippen LogP contribution in [0.25, 0.3) is 12.2 Å². The lowest BCUT2D eigenvalue weighted by atomic mass is 9.97. The molecule has 3 aromatic rings. The first-order valence-corrected chi connectivity index (χ1v) is 9.89. The Hall–Kier alpha value is -3.60. The van der Waals surface area contributed by atoms with Crippen LogP contribution >= 0.6 is 0 Å². The highest BCUT2D eigenvalue weighted by molar-refractivity contribution is 5.74. The van der Waals surface area contributed by atoms with Gasteiger partial charge >= 0.3 is 0 Å². The molecule has 0 amide bonds. The van der Waals surface area contributed by atoms with Crippen molar-refractivity contribution in [2.24, 2.45) is 0 Å². The van der Waals surface area contributed by atoms with Gasteiger partial charge in [0, 0.05) is 24.1 Å². The Kier molecular flexibility index (Phi) is 7.44. The minimum Gasteiger partial charge on any atom is -0.497 e. The third-order valence-electron chi connectivity index (χ3n) is 5.04. The van der Waals surface area contributed by atoms with Crippen LogP contribution < -0.4 is 23.7 Å². The molecule has 0 aliphatic carbocycles. The lowest BCUT2D eigenvalue weighted by Crippen LogP contribution is -1.99. The molecule has 0 radical (unpaired) electrons. The number of hydrogen-bond donors (Lipinski definition) is 0. The maximum Gasteiger partial charge on any atom is 0.126 e. The molecular formula is C26H28O5. The summed E-state index contributed by atoms with van der Waals surface area (Å²) in [4.78, 5) is 0. The molecule has 0 unspecified atom stereocenters. The van der Waals surface area contributed by atoms with Crippen molar-refractivity contribution >= 4 is 12.2 Å². The SMILES string of the molecule is COc1ccc(Cc2c(/C=C/c3cc(OC)cc(OC)c3)cc(OC)cc2OC)cc1. The number of rotatable bonds is 9. The quantitative estimate of drug-likeness (QED) is 0.428. The molecule has 162 valence electrons. The van der Waals surface area contributed by atoms with Crippen molar-refractivity contribution in [1.29, 1.82) is 0 Å². The molecule has 0 N–H and O–H groups in total. The van der Waals surface area contributed by atoms with Crippen LogP contribution in [-0.4, -0.2) is 35.5 Å². The molecule has 0 atom stereocenters. The van der Waals surface area contributed by atoms with Crippen LogP contribution in [0.15, 0.2) is 54.6 Å². The highest BCUT2D eigenvalue weighted by Gasteiger charge is 2.12. The van der Waals surface area contributed by atoms with E-state index in [0.717, 1.165) is 51.0 Å². The van der Waals surface area contributed by atoms with E-state index in [1.165, 1.54) is 0 Å². The van der Waals surface area contributed by atoms with Gasteiger partial charge in [-0.25, -0.2) is 0 Å². The van der Waals surface area contributed by atoms with E-state index in [1.807, 2.05) is 48.5 Å². The Bertz CT molecular complexity index is 1020. The van der Waals surface area contributed by atoms with Gasteiger partial charge in [0.1, 0.15) is 28.7 Å². The summed E-state index contributed by atoms with van der Waals surface area (Å²) in [5, 5.41) is 0. The second-order valence-corrected chi connectivity index (χ2v) is 6.90. The highest BCUT2D eigenvalue weighted by atomic mass is 16.5. The van der Waals surface area contributed by atoms with Crippen molar-refractivity contribution in [3.8, 4) is 28.7 Å². The van der Waals surface area contributed by atoms with Gasteiger partial charge in [-0.3, -0.25) is 0 Å². The normalized spacial score (nSPS) is 10.7. The number of hydrogen-bond acceptors (Lipinski definition) is 5. The summed E-state index contributed by atoms with van der Waals surface area (Å²) >= 11 is 0. The van der Waals surface area contributed by atoms with Crippen molar-refractivity contribution in [2.45, 2.75) is 6.42 Å². The molecular weight excluding hydrogens is 392 g/mol. The van der Waals surface area contributed by atoms with Crippen molar-refractivity contribution < 1.29 is 23.7 Å². The molecule has 0 saturated heterocycles. The van der Waals surface area contributed by atoms with Gasteiger partial charge < -0.3 is 23.7 Å². The number of benzene rings is 3. The fourth-order valence-electron chi connectivity index (χ4n) is 3.34. The summed E-state index contributed by atoms with van der Waals surface area (Å²) < 4.78 is 27.2. The van der Waals surface area contributed by atoms with E-state index in [2.05, 4.69) is 18.2 Å². The monoisotopic (exact) mass is 420 g/mol. The first-order chi connectivity index (χ1) is 15.1. The Balaban J connectivity index is 2.02. The molecule has 0 aliphatic rings. The maximum absolute atomic E-state index is 5.69. The summed E-state index contributed by atoms with van der Waals surface area (Å²) in [6, 6.07) is 17.7. The van der Waals surface area contributed by atoms with E-state index < -0.39 is 0 Å². The zero-order valence-corrected chi connectivity index (χ0v) is 18.6. The smallest absolute Gasteiger partial charge is 0.126 e. The second-order valence-electron chi connectivity index (χ2n) is 6.90. The van der Waals surface area contributed by atoms with Crippen LogP contribution in [-0.2, 0) is 6.42 Å². The molecule has 0 aliphatic heterocycles. The lowest BCUT2D eigenvalue weighted by Gasteiger charge is -2.15. The Morgan fingerprint density at radius 2 is 1.16 bits per heavy atom. The summed E-state index contributed by atoms with van der Waals surface area (Å²) in [5.74, 6) is 3.81. The summed E-state index contributed by atoms with van der Waals surface area (Å²) in [5.41, 5.74) is 4.20. The first-order valence-electron chi connectivity index (χ1n) is 9.89. The molecule has 0 bridgehead atoms. The topological polar surface area (TPSA) is 46.2 Å². The molecule has 3 aromatic carbocycles. The van der Waals surface area contributed by atoms with Crippen molar-refractivity contribution in [3.05, 3.63) is 76.9 Å². The van der Waals surface area contributed by atoms with Gasteiger partial charge in [0.25, 0.3) is 0 Å². The van der Waals surface area contributed by atoms with E-state index in [4.69, 9.17) is 23.7 Å². The predicted molar refractivity (Wildman–Crippen MR) is 124 cm³/mol. The molecule has 0 fully saturated rings. The first kappa shape index (κ1) is 22.1. The van der Waals surface area contributed by atoms with Crippen LogP contribution in [0.3, 0.4) is 0 Å². The zero-order chi connectivity index (χ0) is 22.2. The molecule has 5 nitrogen and oxygen atoms in total. The molecule has 0 aromatic heterocycles. The molecule has 0 spiro atoms. The molecule has 31 heavy (non-hydrogen) atoms. The maximum atomic E-state index is 5.69. The summed E-state index contributed by atoms with van der Waals surface area (Å²) in [6.07, 6.45) is 4.78. The van der Waals surface area contributed by atoms with Gasteiger partial charge in [-0.15, -0.1) is 0 Å². The Morgan fingerprint density at radius 3 is 1.71 bits per heavy atom. The van der Waals surface area contributed by atoms with E-state index in [1.54, 1.807) is 35.5 Å². The van der Waals surface area contributed by atoms with Gasteiger partial charge in [-0.05, 0) is 47.0 Å². The van der Waals surface area contributed by atoms with Gasteiger partial charge in [-0.2, -0.15) is 0 Å². The minimum atomic E-state index is 0.707. The Morgan fingerprint density at radius 1 is 0.581 bits per heavy atom. The fourth-order valence-corrected chi connectivity index (χ4v) is 3.34.